The topological polar surface area (TPSA) is 39.7 Å². The van der Waals surface area contributed by atoms with E-state index >= 15 is 0 Å². The molecule has 0 spiro atoms. The second kappa shape index (κ2) is 5.23. The number of hydrogen-bond donors (Lipinski definition) is 1. The summed E-state index contributed by atoms with van der Waals surface area (Å²) in [6.45, 7) is 1.57. The summed E-state index contributed by atoms with van der Waals surface area (Å²) in [5.74, 6) is 0.812. The lowest BCUT2D eigenvalue weighted by atomic mass is 10.1. The van der Waals surface area contributed by atoms with Crippen molar-refractivity contribution >= 4 is 0 Å². The van der Waals surface area contributed by atoms with E-state index < -0.39 is 5.82 Å². The number of ether oxygens (including phenoxy) is 3. The lowest BCUT2D eigenvalue weighted by molar-refractivity contribution is 0.295. The first-order chi connectivity index (χ1) is 8.27. The number of nitrogens with one attached hydrogen (secondary N) is 1. The van der Waals surface area contributed by atoms with Crippen molar-refractivity contribution in [3.8, 4) is 17.2 Å². The second-order valence-corrected chi connectivity index (χ2v) is 3.78. The maximum Gasteiger partial charge on any atom is 0.169 e. The monoisotopic (exact) mass is 241 g/mol. The predicted molar refractivity (Wildman–Crippen MR) is 61.3 cm³/mol. The molecule has 0 bridgehead atoms. The third-order valence-electron chi connectivity index (χ3n) is 2.60. The Hall–Kier alpha value is -1.49. The Balaban J connectivity index is 2.53. The summed E-state index contributed by atoms with van der Waals surface area (Å²) in [4.78, 5) is 0. The van der Waals surface area contributed by atoms with E-state index in [1.807, 2.05) is 0 Å². The Kier molecular flexibility index (Phi) is 3.68. The van der Waals surface area contributed by atoms with Gasteiger partial charge in [-0.25, -0.2) is 4.39 Å². The second-order valence-electron chi connectivity index (χ2n) is 3.78. The van der Waals surface area contributed by atoms with Gasteiger partial charge in [-0.2, -0.15) is 0 Å². The number of hydrogen-bond acceptors (Lipinski definition) is 4. The average Bonchev–Trinajstić information content (AvgIpc) is 2.54. The van der Waals surface area contributed by atoms with E-state index in [-0.39, 0.29) is 5.75 Å². The fraction of sp³-hybridized carbons (Fsp3) is 0.500. The molecule has 0 unspecified atom stereocenters. The molecule has 1 aromatic rings. The highest BCUT2D eigenvalue weighted by Gasteiger charge is 2.22. The van der Waals surface area contributed by atoms with E-state index in [9.17, 15) is 4.39 Å². The van der Waals surface area contributed by atoms with Gasteiger partial charge in [0, 0.05) is 19.0 Å². The molecule has 0 aromatic heterocycles. The van der Waals surface area contributed by atoms with Crippen molar-refractivity contribution < 1.29 is 18.6 Å². The van der Waals surface area contributed by atoms with Gasteiger partial charge in [-0.15, -0.1) is 0 Å². The van der Waals surface area contributed by atoms with Crippen LogP contribution in [0.25, 0.3) is 0 Å². The Morgan fingerprint density at radius 1 is 1.41 bits per heavy atom. The van der Waals surface area contributed by atoms with Crippen LogP contribution in [0, 0.1) is 5.82 Å². The van der Waals surface area contributed by atoms with Crippen LogP contribution in [0.5, 0.6) is 17.2 Å². The zero-order chi connectivity index (χ0) is 12.3. The third kappa shape index (κ3) is 2.29. The summed E-state index contributed by atoms with van der Waals surface area (Å²) >= 11 is 0. The molecule has 1 aliphatic rings. The molecule has 0 atom stereocenters. The first-order valence-corrected chi connectivity index (χ1v) is 5.57. The molecule has 1 aliphatic heterocycles. The van der Waals surface area contributed by atoms with Crippen LogP contribution in [0.3, 0.4) is 0 Å². The van der Waals surface area contributed by atoms with E-state index in [2.05, 4.69) is 5.32 Å². The van der Waals surface area contributed by atoms with Gasteiger partial charge in [0.25, 0.3) is 0 Å². The molecule has 0 saturated heterocycles. The van der Waals surface area contributed by atoms with E-state index in [4.69, 9.17) is 14.2 Å². The molecule has 17 heavy (non-hydrogen) atoms. The molecular formula is C12H16FNO3. The van der Waals surface area contributed by atoms with Gasteiger partial charge in [-0.3, -0.25) is 0 Å². The number of benzene rings is 1. The molecular weight excluding hydrogens is 225 g/mol. The van der Waals surface area contributed by atoms with Crippen molar-refractivity contribution in [1.82, 2.24) is 5.32 Å². The van der Waals surface area contributed by atoms with Crippen molar-refractivity contribution in [3.63, 3.8) is 0 Å². The van der Waals surface area contributed by atoms with Crippen LogP contribution >= 0.6 is 0 Å². The maximum atomic E-state index is 13.8. The Morgan fingerprint density at radius 2 is 2.18 bits per heavy atom. The summed E-state index contributed by atoms with van der Waals surface area (Å²) in [7, 11) is 3.23. The smallest absolute Gasteiger partial charge is 0.169 e. The zero-order valence-electron chi connectivity index (χ0n) is 10.0. The van der Waals surface area contributed by atoms with Crippen molar-refractivity contribution in [2.45, 2.75) is 13.0 Å². The van der Waals surface area contributed by atoms with Crippen molar-refractivity contribution in [1.29, 1.82) is 0 Å². The van der Waals surface area contributed by atoms with Gasteiger partial charge in [0.05, 0.1) is 25.9 Å². The van der Waals surface area contributed by atoms with Crippen LogP contribution < -0.4 is 19.5 Å². The Bertz CT molecular complexity index is 409. The van der Waals surface area contributed by atoms with Crippen molar-refractivity contribution in [3.05, 3.63) is 17.4 Å². The van der Waals surface area contributed by atoms with E-state index in [1.54, 1.807) is 7.05 Å². The Labute approximate surface area is 99.7 Å². The number of rotatable bonds is 3. The average molecular weight is 241 g/mol. The number of methoxy groups -OCH3 is 1. The predicted octanol–water partition coefficient (Wildman–Crippen LogP) is 1.71. The number of halogens is 1. The summed E-state index contributed by atoms with van der Waals surface area (Å²) in [6.07, 6.45) is 0.789. The molecule has 94 valence electrons. The molecule has 4 nitrogen and oxygen atoms in total. The highest BCUT2D eigenvalue weighted by molar-refractivity contribution is 5.55. The molecule has 0 radical (unpaired) electrons. The van der Waals surface area contributed by atoms with Crippen molar-refractivity contribution in [2.75, 3.05) is 27.4 Å². The van der Waals surface area contributed by atoms with Crippen LogP contribution in [0.4, 0.5) is 4.39 Å². The number of fused-ring (bicyclic) bond motifs is 1. The lowest BCUT2D eigenvalue weighted by Gasteiger charge is -2.16. The van der Waals surface area contributed by atoms with E-state index in [0.717, 1.165) is 6.42 Å². The van der Waals surface area contributed by atoms with Crippen LogP contribution in [0.1, 0.15) is 12.0 Å². The van der Waals surface area contributed by atoms with Gasteiger partial charge < -0.3 is 19.5 Å². The minimum absolute atomic E-state index is 0.212. The van der Waals surface area contributed by atoms with Crippen LogP contribution in [0.15, 0.2) is 6.07 Å². The first kappa shape index (κ1) is 12.0. The lowest BCUT2D eigenvalue weighted by Crippen LogP contribution is -2.10. The summed E-state index contributed by atoms with van der Waals surface area (Å²) in [5, 5.41) is 2.97. The fourth-order valence-corrected chi connectivity index (χ4v) is 1.88. The SMILES string of the molecule is CNCc1c(OC)c(F)cc2c1OCCCO2. The van der Waals surface area contributed by atoms with E-state index in [0.29, 0.717) is 36.8 Å². The molecule has 0 saturated carbocycles. The molecule has 1 aromatic carbocycles. The molecule has 0 amide bonds. The summed E-state index contributed by atoms with van der Waals surface area (Å²) in [5.41, 5.74) is 0.659. The third-order valence-corrected chi connectivity index (χ3v) is 2.60. The van der Waals surface area contributed by atoms with Crippen LogP contribution in [-0.4, -0.2) is 27.4 Å². The molecule has 5 heteroatoms. The molecule has 0 aliphatic carbocycles. The maximum absolute atomic E-state index is 13.8. The summed E-state index contributed by atoms with van der Waals surface area (Å²) < 4.78 is 30.0. The van der Waals surface area contributed by atoms with E-state index in [1.165, 1.54) is 13.2 Å². The largest absolute Gasteiger partial charge is 0.493 e. The first-order valence-electron chi connectivity index (χ1n) is 5.57. The van der Waals surface area contributed by atoms with Crippen LogP contribution in [-0.2, 0) is 6.54 Å². The standard InChI is InChI=1S/C12H16FNO3/c1-14-7-8-11(15-2)9(13)6-10-12(8)17-5-3-4-16-10/h6,14H,3-5,7H2,1-2H3. The minimum Gasteiger partial charge on any atom is -0.493 e. The van der Waals surface area contributed by atoms with Gasteiger partial charge in [0.1, 0.15) is 0 Å². The van der Waals surface area contributed by atoms with Gasteiger partial charge in [-0.1, -0.05) is 0 Å². The molecule has 2 rings (SSSR count). The van der Waals surface area contributed by atoms with Gasteiger partial charge in [0.2, 0.25) is 0 Å². The summed E-state index contributed by atoms with van der Waals surface area (Å²) in [6, 6.07) is 1.32. The minimum atomic E-state index is -0.429. The zero-order valence-corrected chi connectivity index (χ0v) is 10.0. The van der Waals surface area contributed by atoms with Gasteiger partial charge >= 0.3 is 0 Å². The Morgan fingerprint density at radius 3 is 2.88 bits per heavy atom. The molecule has 1 N–H and O–H groups in total. The van der Waals surface area contributed by atoms with Gasteiger partial charge in [-0.05, 0) is 7.05 Å². The molecule has 0 fully saturated rings. The van der Waals surface area contributed by atoms with Crippen molar-refractivity contribution in [2.24, 2.45) is 0 Å². The highest BCUT2D eigenvalue weighted by atomic mass is 19.1. The highest BCUT2D eigenvalue weighted by Crippen LogP contribution is 2.40. The quantitative estimate of drug-likeness (QED) is 0.874. The normalized spacial score (nSPS) is 14.3. The van der Waals surface area contributed by atoms with Gasteiger partial charge in [0.15, 0.2) is 23.1 Å². The van der Waals surface area contributed by atoms with Crippen LogP contribution in [0.2, 0.25) is 0 Å². The fourth-order valence-electron chi connectivity index (χ4n) is 1.88. The molecule has 1 heterocycles.